The molecule has 0 bridgehead atoms. The molecule has 1 amide bonds. The Balaban J connectivity index is 2.31. The van der Waals surface area contributed by atoms with Gasteiger partial charge in [-0.1, -0.05) is 17.7 Å². The van der Waals surface area contributed by atoms with Crippen molar-refractivity contribution >= 4 is 28.9 Å². The van der Waals surface area contributed by atoms with E-state index in [2.05, 4.69) is 5.32 Å². The van der Waals surface area contributed by atoms with Crippen molar-refractivity contribution in [3.63, 3.8) is 0 Å². The van der Waals surface area contributed by atoms with Gasteiger partial charge in [-0.2, -0.15) is 0 Å². The van der Waals surface area contributed by atoms with Crippen molar-refractivity contribution in [3.05, 3.63) is 58.6 Å². The van der Waals surface area contributed by atoms with Gasteiger partial charge in [0, 0.05) is 0 Å². The predicted molar refractivity (Wildman–Crippen MR) is 70.2 cm³/mol. The Bertz CT molecular complexity index is 647. The normalized spacial score (nSPS) is 10.3. The van der Waals surface area contributed by atoms with Crippen molar-refractivity contribution in [2.45, 2.75) is 0 Å². The van der Waals surface area contributed by atoms with Crippen LogP contribution in [-0.4, -0.2) is 5.91 Å². The van der Waals surface area contributed by atoms with Crippen molar-refractivity contribution in [3.8, 4) is 0 Å². The number of benzene rings is 2. The van der Waals surface area contributed by atoms with E-state index in [1.165, 1.54) is 18.2 Å². The van der Waals surface area contributed by atoms with Gasteiger partial charge in [-0.3, -0.25) is 4.79 Å². The number of carbonyl (C=O) groups excluding carboxylic acids is 1. The molecule has 3 N–H and O–H groups in total. The van der Waals surface area contributed by atoms with E-state index in [1.54, 1.807) is 0 Å². The first-order valence-corrected chi connectivity index (χ1v) is 5.67. The molecule has 6 heteroatoms. The Labute approximate surface area is 113 Å². The molecule has 0 atom stereocenters. The molecule has 0 saturated heterocycles. The summed E-state index contributed by atoms with van der Waals surface area (Å²) < 4.78 is 26.3. The molecule has 0 heterocycles. The third-order valence-electron chi connectivity index (χ3n) is 2.47. The van der Waals surface area contributed by atoms with Crippen LogP contribution in [0.4, 0.5) is 20.2 Å². The number of carbonyl (C=O) groups is 1. The van der Waals surface area contributed by atoms with Crippen LogP contribution >= 0.6 is 11.6 Å². The fraction of sp³-hybridized carbons (Fsp3) is 0. The lowest BCUT2D eigenvalue weighted by atomic mass is 10.1. The molecule has 2 aromatic rings. The fourth-order valence-corrected chi connectivity index (χ4v) is 1.68. The summed E-state index contributed by atoms with van der Waals surface area (Å²) >= 11 is 5.81. The molecule has 98 valence electrons. The number of hydrogen-bond donors (Lipinski definition) is 2. The summed E-state index contributed by atoms with van der Waals surface area (Å²) in [7, 11) is 0. The molecule has 0 unspecified atom stereocenters. The lowest BCUT2D eigenvalue weighted by Gasteiger charge is -2.09. The smallest absolute Gasteiger partial charge is 0.257 e. The summed E-state index contributed by atoms with van der Waals surface area (Å²) in [5.41, 5.74) is 5.24. The SMILES string of the molecule is Nc1c(F)cccc1C(=O)Nc1cc(F)ccc1Cl. The van der Waals surface area contributed by atoms with Crippen LogP contribution < -0.4 is 11.1 Å². The quantitative estimate of drug-likeness (QED) is 0.829. The van der Waals surface area contributed by atoms with Crippen LogP contribution in [0, 0.1) is 11.6 Å². The van der Waals surface area contributed by atoms with E-state index in [0.29, 0.717) is 0 Å². The number of hydrogen-bond acceptors (Lipinski definition) is 2. The number of anilines is 2. The average molecular weight is 283 g/mol. The second kappa shape index (κ2) is 5.24. The van der Waals surface area contributed by atoms with Crippen LogP contribution in [0.25, 0.3) is 0 Å². The topological polar surface area (TPSA) is 55.1 Å². The summed E-state index contributed by atoms with van der Waals surface area (Å²) in [5, 5.41) is 2.55. The first-order chi connectivity index (χ1) is 8.99. The first kappa shape index (κ1) is 13.3. The monoisotopic (exact) mass is 282 g/mol. The maximum atomic E-state index is 13.2. The van der Waals surface area contributed by atoms with E-state index in [1.807, 2.05) is 0 Å². The molecule has 0 fully saturated rings. The van der Waals surface area contributed by atoms with E-state index in [9.17, 15) is 13.6 Å². The standard InChI is InChI=1S/C13H9ClF2N2O/c14-9-5-4-7(15)6-11(9)18-13(19)8-2-1-3-10(16)12(8)17/h1-6H,17H2,(H,18,19). The van der Waals surface area contributed by atoms with Crippen molar-refractivity contribution < 1.29 is 13.6 Å². The Morgan fingerprint density at radius 2 is 1.95 bits per heavy atom. The average Bonchev–Trinajstić information content (AvgIpc) is 2.37. The molecule has 2 rings (SSSR count). The Morgan fingerprint density at radius 3 is 2.68 bits per heavy atom. The molecule has 0 aromatic heterocycles. The van der Waals surface area contributed by atoms with Gasteiger partial charge in [0.25, 0.3) is 5.91 Å². The van der Waals surface area contributed by atoms with Crippen LogP contribution in [0.3, 0.4) is 0 Å². The maximum Gasteiger partial charge on any atom is 0.257 e. The highest BCUT2D eigenvalue weighted by Gasteiger charge is 2.14. The van der Waals surface area contributed by atoms with Gasteiger partial charge in [0.1, 0.15) is 11.6 Å². The summed E-state index contributed by atoms with van der Waals surface area (Å²) in [6.07, 6.45) is 0. The van der Waals surface area contributed by atoms with Gasteiger partial charge in [-0.05, 0) is 30.3 Å². The summed E-state index contributed by atoms with van der Waals surface area (Å²) in [5.74, 6) is -1.91. The van der Waals surface area contributed by atoms with E-state index in [-0.39, 0.29) is 22.0 Å². The third-order valence-corrected chi connectivity index (χ3v) is 2.80. The number of rotatable bonds is 2. The van der Waals surface area contributed by atoms with Gasteiger partial charge < -0.3 is 11.1 Å². The van der Waals surface area contributed by atoms with Crippen molar-refractivity contribution in [1.82, 2.24) is 0 Å². The molecule has 2 aromatic carbocycles. The van der Waals surface area contributed by atoms with Crippen molar-refractivity contribution in [2.75, 3.05) is 11.1 Å². The van der Waals surface area contributed by atoms with Crippen LogP contribution in [-0.2, 0) is 0 Å². The molecule has 3 nitrogen and oxygen atoms in total. The van der Waals surface area contributed by atoms with Gasteiger partial charge in [0.05, 0.1) is 22.0 Å². The van der Waals surface area contributed by atoms with Crippen molar-refractivity contribution in [1.29, 1.82) is 0 Å². The fourth-order valence-electron chi connectivity index (χ4n) is 1.52. The molecule has 0 saturated carbocycles. The van der Waals surface area contributed by atoms with E-state index >= 15 is 0 Å². The second-order valence-electron chi connectivity index (χ2n) is 3.78. The minimum atomic E-state index is -0.696. The van der Waals surface area contributed by atoms with Gasteiger partial charge in [0.15, 0.2) is 0 Å². The summed E-state index contributed by atoms with van der Waals surface area (Å²) in [4.78, 5) is 11.9. The number of nitrogens with one attached hydrogen (secondary N) is 1. The second-order valence-corrected chi connectivity index (χ2v) is 4.19. The van der Waals surface area contributed by atoms with Gasteiger partial charge in [0.2, 0.25) is 0 Å². The number of nitrogens with two attached hydrogens (primary N) is 1. The maximum absolute atomic E-state index is 13.2. The van der Waals surface area contributed by atoms with E-state index in [0.717, 1.165) is 18.2 Å². The summed E-state index contributed by atoms with van der Waals surface area (Å²) in [6, 6.07) is 7.39. The summed E-state index contributed by atoms with van der Waals surface area (Å²) in [6.45, 7) is 0. The predicted octanol–water partition coefficient (Wildman–Crippen LogP) is 3.45. The largest absolute Gasteiger partial charge is 0.396 e. The molecule has 0 spiro atoms. The zero-order valence-corrected chi connectivity index (χ0v) is 10.3. The number of halogens is 3. The highest BCUT2D eigenvalue weighted by Crippen LogP contribution is 2.24. The number of nitrogen functional groups attached to an aromatic ring is 1. The van der Waals surface area contributed by atoms with E-state index in [4.69, 9.17) is 17.3 Å². The van der Waals surface area contributed by atoms with E-state index < -0.39 is 17.5 Å². The lowest BCUT2D eigenvalue weighted by Crippen LogP contribution is -2.15. The molecule has 0 aliphatic heterocycles. The number of amides is 1. The lowest BCUT2D eigenvalue weighted by molar-refractivity contribution is 0.102. The van der Waals surface area contributed by atoms with Crippen LogP contribution in [0.15, 0.2) is 36.4 Å². The first-order valence-electron chi connectivity index (χ1n) is 5.29. The zero-order valence-electron chi connectivity index (χ0n) is 9.58. The molecular formula is C13H9ClF2N2O. The Hall–Kier alpha value is -2.14. The molecule has 19 heavy (non-hydrogen) atoms. The highest BCUT2D eigenvalue weighted by atomic mass is 35.5. The Morgan fingerprint density at radius 1 is 1.21 bits per heavy atom. The minimum Gasteiger partial charge on any atom is -0.396 e. The van der Waals surface area contributed by atoms with Gasteiger partial charge in [-0.15, -0.1) is 0 Å². The molecule has 0 aliphatic rings. The zero-order chi connectivity index (χ0) is 14.0. The molecule has 0 aliphatic carbocycles. The molecular weight excluding hydrogens is 274 g/mol. The highest BCUT2D eigenvalue weighted by molar-refractivity contribution is 6.34. The van der Waals surface area contributed by atoms with Gasteiger partial charge >= 0.3 is 0 Å². The minimum absolute atomic E-state index is 0.0414. The number of para-hydroxylation sites is 1. The third kappa shape index (κ3) is 2.82. The molecule has 0 radical (unpaired) electrons. The van der Waals surface area contributed by atoms with Crippen LogP contribution in [0.1, 0.15) is 10.4 Å². The van der Waals surface area contributed by atoms with Gasteiger partial charge in [-0.25, -0.2) is 8.78 Å². The van der Waals surface area contributed by atoms with Crippen molar-refractivity contribution in [2.24, 2.45) is 0 Å². The van der Waals surface area contributed by atoms with Crippen LogP contribution in [0.2, 0.25) is 5.02 Å². The Kier molecular flexibility index (Phi) is 3.66. The van der Waals surface area contributed by atoms with Crippen LogP contribution in [0.5, 0.6) is 0 Å².